The predicted molar refractivity (Wildman–Crippen MR) is 88.9 cm³/mol. The zero-order valence-electron chi connectivity index (χ0n) is 14.7. The van der Waals surface area contributed by atoms with E-state index in [1.165, 1.54) is 33.1 Å². The highest BCUT2D eigenvalue weighted by Crippen LogP contribution is 2.24. The molecule has 0 amide bonds. The molecule has 0 aliphatic rings. The lowest BCUT2D eigenvalue weighted by Gasteiger charge is -2.19. The number of benzene rings is 1. The molecule has 1 heterocycles. The van der Waals surface area contributed by atoms with Gasteiger partial charge in [-0.1, -0.05) is 12.1 Å². The number of hydrogen-bond acceptors (Lipinski definition) is 5. The van der Waals surface area contributed by atoms with Crippen LogP contribution in [-0.4, -0.2) is 29.0 Å². The van der Waals surface area contributed by atoms with Crippen LogP contribution in [0, 0.1) is 18.6 Å². The van der Waals surface area contributed by atoms with Crippen LogP contribution in [0.4, 0.5) is 8.78 Å². The van der Waals surface area contributed by atoms with Gasteiger partial charge in [0.2, 0.25) is 0 Å². The van der Waals surface area contributed by atoms with Crippen molar-refractivity contribution in [3.63, 3.8) is 0 Å². The van der Waals surface area contributed by atoms with Crippen molar-refractivity contribution in [1.82, 2.24) is 9.30 Å². The molecule has 0 aliphatic heterocycles. The van der Waals surface area contributed by atoms with Gasteiger partial charge in [0.05, 0.1) is 23.9 Å². The molecule has 0 unspecified atom stereocenters. The van der Waals surface area contributed by atoms with Crippen molar-refractivity contribution in [2.45, 2.75) is 26.8 Å². The van der Waals surface area contributed by atoms with E-state index in [0.29, 0.717) is 4.73 Å². The van der Waals surface area contributed by atoms with E-state index in [9.17, 15) is 23.2 Å². The van der Waals surface area contributed by atoms with Crippen LogP contribution in [0.2, 0.25) is 0 Å². The topological polar surface area (TPSA) is 79.5 Å². The number of methoxy groups -OCH3 is 1. The minimum Gasteiger partial charge on any atom is -0.383 e. The van der Waals surface area contributed by atoms with E-state index in [4.69, 9.17) is 9.57 Å². The van der Waals surface area contributed by atoms with Crippen molar-refractivity contribution in [1.29, 1.82) is 0 Å². The molecule has 0 bridgehead atoms. The van der Waals surface area contributed by atoms with Crippen LogP contribution < -0.4 is 16.1 Å². The summed E-state index contributed by atoms with van der Waals surface area (Å²) in [6.07, 6.45) is 0. The molecule has 1 aromatic carbocycles. The molecule has 1 aromatic heterocycles. The molecule has 1 atom stereocenters. The summed E-state index contributed by atoms with van der Waals surface area (Å²) in [6.45, 7) is 3.91. The first kappa shape index (κ1) is 19.5. The Kier molecular flexibility index (Phi) is 5.71. The molecule has 0 fully saturated rings. The van der Waals surface area contributed by atoms with Crippen LogP contribution in [0.15, 0.2) is 27.8 Å². The van der Waals surface area contributed by atoms with E-state index in [2.05, 4.69) is 0 Å². The molecule has 2 aromatic rings. The second kappa shape index (κ2) is 7.61. The number of aromatic nitrogens is 2. The van der Waals surface area contributed by atoms with E-state index in [1.807, 2.05) is 0 Å². The van der Waals surface area contributed by atoms with Gasteiger partial charge in [0.1, 0.15) is 0 Å². The third kappa shape index (κ3) is 3.43. The summed E-state index contributed by atoms with van der Waals surface area (Å²) in [4.78, 5) is 41.7. The van der Waals surface area contributed by atoms with Crippen LogP contribution in [-0.2, 0) is 9.53 Å². The van der Waals surface area contributed by atoms with Gasteiger partial charge in [0.25, 0.3) is 5.56 Å². The van der Waals surface area contributed by atoms with Gasteiger partial charge in [0, 0.05) is 19.6 Å². The van der Waals surface area contributed by atoms with Crippen molar-refractivity contribution in [2.75, 3.05) is 13.7 Å². The Labute approximate surface area is 147 Å². The summed E-state index contributed by atoms with van der Waals surface area (Å²) in [7, 11) is 1.38. The maximum atomic E-state index is 14.3. The Hall–Kier alpha value is -2.81. The first-order valence-corrected chi connectivity index (χ1v) is 7.71. The minimum atomic E-state index is -1.24. The summed E-state index contributed by atoms with van der Waals surface area (Å²) in [6, 6.07) is 2.60. The highest BCUT2D eigenvalue weighted by Gasteiger charge is 2.25. The first-order chi connectivity index (χ1) is 12.2. The van der Waals surface area contributed by atoms with E-state index in [1.54, 1.807) is 0 Å². The van der Waals surface area contributed by atoms with E-state index in [-0.39, 0.29) is 23.4 Å². The molecular weight excluding hydrogens is 350 g/mol. The normalized spacial score (nSPS) is 12.1. The van der Waals surface area contributed by atoms with Gasteiger partial charge in [-0.3, -0.25) is 9.36 Å². The fraction of sp³-hybridized carbons (Fsp3) is 0.353. The molecule has 26 heavy (non-hydrogen) atoms. The smallest absolute Gasteiger partial charge is 0.365 e. The lowest BCUT2D eigenvalue weighted by Crippen LogP contribution is -2.47. The fourth-order valence-electron chi connectivity index (χ4n) is 2.65. The van der Waals surface area contributed by atoms with Crippen molar-refractivity contribution in [3.05, 3.63) is 56.4 Å². The number of ether oxygens (including phenoxy) is 1. The number of hydrogen-bond donors (Lipinski definition) is 0. The second-order valence-corrected chi connectivity index (χ2v) is 5.70. The minimum absolute atomic E-state index is 0.00333. The van der Waals surface area contributed by atoms with Crippen LogP contribution in [0.1, 0.15) is 25.6 Å². The highest BCUT2D eigenvalue weighted by molar-refractivity contribution is 5.68. The average molecular weight is 368 g/mol. The summed E-state index contributed by atoms with van der Waals surface area (Å²) in [5.74, 6) is -3.21. The largest absolute Gasteiger partial charge is 0.383 e. The Morgan fingerprint density at radius 1 is 1.27 bits per heavy atom. The number of carbonyl (C=O) groups is 1. The molecular formula is C17H18F2N2O5. The Bertz CT molecular complexity index is 965. The molecule has 0 saturated heterocycles. The van der Waals surface area contributed by atoms with Crippen LogP contribution in [0.25, 0.3) is 11.1 Å². The zero-order chi connectivity index (χ0) is 19.6. The molecule has 0 aliphatic carbocycles. The standard InChI is InChI=1S/C17H18F2N2O5/c1-9(8-25-4)20-16(23)14(12-6-5-7-13(18)15(12)19)10(2)21(17(20)24)26-11(3)22/h5-7,9H,8H2,1-4H3/t9-/m0/s1. The Balaban J connectivity index is 2.93. The van der Waals surface area contributed by atoms with Crippen molar-refractivity contribution in [2.24, 2.45) is 0 Å². The highest BCUT2D eigenvalue weighted by atomic mass is 19.2. The molecule has 9 heteroatoms. The van der Waals surface area contributed by atoms with Gasteiger partial charge in [-0.15, -0.1) is 4.73 Å². The monoisotopic (exact) mass is 368 g/mol. The second-order valence-electron chi connectivity index (χ2n) is 5.70. The summed E-state index contributed by atoms with van der Waals surface area (Å²) < 4.78 is 34.2. The predicted octanol–water partition coefficient (Wildman–Crippen LogP) is 1.45. The van der Waals surface area contributed by atoms with Crippen molar-refractivity contribution >= 4 is 5.97 Å². The lowest BCUT2D eigenvalue weighted by molar-refractivity contribution is -0.142. The quantitative estimate of drug-likeness (QED) is 0.798. The average Bonchev–Trinajstić information content (AvgIpc) is 2.55. The molecule has 7 nitrogen and oxygen atoms in total. The Morgan fingerprint density at radius 3 is 2.50 bits per heavy atom. The van der Waals surface area contributed by atoms with Gasteiger partial charge in [0.15, 0.2) is 11.6 Å². The van der Waals surface area contributed by atoms with Gasteiger partial charge < -0.3 is 9.57 Å². The zero-order valence-corrected chi connectivity index (χ0v) is 14.7. The van der Waals surface area contributed by atoms with Gasteiger partial charge >= 0.3 is 11.7 Å². The summed E-state index contributed by atoms with van der Waals surface area (Å²) in [5.41, 5.74) is -2.52. The number of nitrogens with zero attached hydrogens (tertiary/aromatic N) is 2. The maximum Gasteiger partial charge on any atom is 0.365 e. The molecule has 0 radical (unpaired) electrons. The third-order valence-corrected chi connectivity index (χ3v) is 3.77. The maximum absolute atomic E-state index is 14.3. The SMILES string of the molecule is COC[C@H](C)n1c(=O)c(-c2cccc(F)c2F)c(C)n(OC(C)=O)c1=O. The van der Waals surface area contributed by atoms with E-state index >= 15 is 0 Å². The van der Waals surface area contributed by atoms with Gasteiger partial charge in [-0.25, -0.2) is 18.4 Å². The molecule has 0 N–H and O–H groups in total. The molecule has 0 spiro atoms. The van der Waals surface area contributed by atoms with Crippen LogP contribution >= 0.6 is 0 Å². The van der Waals surface area contributed by atoms with E-state index in [0.717, 1.165) is 17.6 Å². The Morgan fingerprint density at radius 2 is 1.92 bits per heavy atom. The third-order valence-electron chi connectivity index (χ3n) is 3.77. The molecule has 2 rings (SSSR count). The summed E-state index contributed by atoms with van der Waals surface area (Å²) >= 11 is 0. The fourth-order valence-corrected chi connectivity index (χ4v) is 2.65. The van der Waals surface area contributed by atoms with Crippen LogP contribution in [0.5, 0.6) is 0 Å². The number of halogens is 2. The van der Waals surface area contributed by atoms with Crippen LogP contribution in [0.3, 0.4) is 0 Å². The van der Waals surface area contributed by atoms with E-state index < -0.39 is 34.9 Å². The van der Waals surface area contributed by atoms with Crippen molar-refractivity contribution in [3.8, 4) is 11.1 Å². The van der Waals surface area contributed by atoms with Gasteiger partial charge in [-0.05, 0) is 19.9 Å². The van der Waals surface area contributed by atoms with Crippen molar-refractivity contribution < 1.29 is 23.1 Å². The van der Waals surface area contributed by atoms with Gasteiger partial charge in [-0.2, -0.15) is 0 Å². The number of rotatable bonds is 5. The lowest BCUT2D eigenvalue weighted by atomic mass is 10.0. The first-order valence-electron chi connectivity index (χ1n) is 7.71. The summed E-state index contributed by atoms with van der Waals surface area (Å²) in [5, 5.41) is 0. The molecule has 0 saturated carbocycles. The molecule has 140 valence electrons. The number of carbonyl (C=O) groups excluding carboxylic acids is 1.